The van der Waals surface area contributed by atoms with Crippen molar-refractivity contribution in [3.05, 3.63) is 41.8 Å². The smallest absolute Gasteiger partial charge is 0.317 e. The summed E-state index contributed by atoms with van der Waals surface area (Å²) in [5.74, 6) is -0.276. The van der Waals surface area contributed by atoms with Gasteiger partial charge in [-0.25, -0.2) is 9.18 Å². The number of hydrogen-bond acceptors (Lipinski definition) is 4. The zero-order valence-corrected chi connectivity index (χ0v) is 18.9. The number of aromatic amines is 1. The summed E-state index contributed by atoms with van der Waals surface area (Å²) in [6, 6.07) is 8.52. The van der Waals surface area contributed by atoms with Crippen LogP contribution in [0.1, 0.15) is 32.9 Å². The van der Waals surface area contributed by atoms with Gasteiger partial charge in [-0.3, -0.25) is 10.00 Å². The SMILES string of the molecule is C[C@@H]1CN([C@H](C)CNC(=O)N(C)CCCc2cc(-c3cccc(F)c3)n[nH]2)C[C@@H](C)O1. The molecule has 1 aliphatic rings. The fourth-order valence-corrected chi connectivity index (χ4v) is 3.97. The molecular weight excluding hydrogens is 397 g/mol. The van der Waals surface area contributed by atoms with Crippen molar-refractivity contribution in [1.29, 1.82) is 0 Å². The van der Waals surface area contributed by atoms with Crippen LogP contribution >= 0.6 is 0 Å². The second kappa shape index (κ2) is 10.7. The fraction of sp³-hybridized carbons (Fsp3) is 0.565. The molecule has 0 unspecified atom stereocenters. The first kappa shape index (κ1) is 23.2. The van der Waals surface area contributed by atoms with Crippen molar-refractivity contribution in [3.63, 3.8) is 0 Å². The molecule has 1 aromatic heterocycles. The monoisotopic (exact) mass is 431 g/mol. The van der Waals surface area contributed by atoms with Crippen LogP contribution in [0.25, 0.3) is 11.3 Å². The van der Waals surface area contributed by atoms with E-state index in [1.165, 1.54) is 12.1 Å². The zero-order valence-electron chi connectivity index (χ0n) is 18.9. The number of aromatic nitrogens is 2. The molecule has 1 aromatic carbocycles. The second-order valence-corrected chi connectivity index (χ2v) is 8.56. The molecule has 2 heterocycles. The third-order valence-corrected chi connectivity index (χ3v) is 5.66. The van der Waals surface area contributed by atoms with Gasteiger partial charge in [0.05, 0.1) is 17.9 Å². The van der Waals surface area contributed by atoms with Crippen molar-refractivity contribution in [2.75, 3.05) is 33.2 Å². The first-order valence-corrected chi connectivity index (χ1v) is 11.0. The van der Waals surface area contributed by atoms with Gasteiger partial charge >= 0.3 is 6.03 Å². The maximum atomic E-state index is 13.4. The largest absolute Gasteiger partial charge is 0.373 e. The standard InChI is InChI=1S/C23H34FN5O2/c1-16(29-14-17(2)31-18(3)15-29)13-25-23(30)28(4)10-6-9-21-12-22(27-26-21)19-7-5-8-20(24)11-19/h5,7-8,11-12,16-18H,6,9-10,13-15H2,1-4H3,(H,25,30)(H,26,27)/t16-,17-,18-/m1/s1. The lowest BCUT2D eigenvalue weighted by Crippen LogP contribution is -2.53. The lowest BCUT2D eigenvalue weighted by Gasteiger charge is -2.39. The highest BCUT2D eigenvalue weighted by Gasteiger charge is 2.26. The van der Waals surface area contributed by atoms with E-state index in [9.17, 15) is 9.18 Å². The fourth-order valence-electron chi connectivity index (χ4n) is 3.97. The summed E-state index contributed by atoms with van der Waals surface area (Å²) >= 11 is 0. The number of benzene rings is 1. The van der Waals surface area contributed by atoms with E-state index in [2.05, 4.69) is 41.2 Å². The van der Waals surface area contributed by atoms with Crippen LogP contribution < -0.4 is 5.32 Å². The van der Waals surface area contributed by atoms with Crippen molar-refractivity contribution < 1.29 is 13.9 Å². The van der Waals surface area contributed by atoms with E-state index in [4.69, 9.17) is 4.74 Å². The number of halogens is 1. The Morgan fingerprint density at radius 1 is 1.35 bits per heavy atom. The molecule has 170 valence electrons. The van der Waals surface area contributed by atoms with Crippen LogP contribution in [0.3, 0.4) is 0 Å². The molecule has 0 saturated carbocycles. The third kappa shape index (κ3) is 6.77. The summed E-state index contributed by atoms with van der Waals surface area (Å²) in [7, 11) is 1.81. The molecule has 0 aliphatic carbocycles. The number of urea groups is 1. The third-order valence-electron chi connectivity index (χ3n) is 5.66. The predicted molar refractivity (Wildman–Crippen MR) is 119 cm³/mol. The van der Waals surface area contributed by atoms with E-state index in [1.54, 1.807) is 11.0 Å². The Morgan fingerprint density at radius 2 is 2.10 bits per heavy atom. The van der Waals surface area contributed by atoms with Gasteiger partial charge in [0.25, 0.3) is 0 Å². The number of carbonyl (C=O) groups is 1. The molecule has 0 radical (unpaired) electrons. The second-order valence-electron chi connectivity index (χ2n) is 8.56. The molecule has 1 fully saturated rings. The van der Waals surface area contributed by atoms with Crippen LogP contribution in [-0.4, -0.2) is 77.5 Å². The summed E-state index contributed by atoms with van der Waals surface area (Å²) < 4.78 is 19.2. The predicted octanol–water partition coefficient (Wildman–Crippen LogP) is 3.29. The molecule has 3 rings (SSSR count). The Morgan fingerprint density at radius 3 is 2.81 bits per heavy atom. The molecule has 0 spiro atoms. The van der Waals surface area contributed by atoms with Crippen LogP contribution in [-0.2, 0) is 11.2 Å². The number of hydrogen-bond donors (Lipinski definition) is 2. The number of nitrogens with zero attached hydrogens (tertiary/aromatic N) is 3. The normalized spacial score (nSPS) is 20.4. The average Bonchev–Trinajstić information content (AvgIpc) is 3.20. The molecule has 1 aliphatic heterocycles. The summed E-state index contributed by atoms with van der Waals surface area (Å²) in [5.41, 5.74) is 2.44. The van der Waals surface area contributed by atoms with E-state index in [-0.39, 0.29) is 30.1 Å². The first-order chi connectivity index (χ1) is 14.8. The van der Waals surface area contributed by atoms with Gasteiger partial charge in [-0.05, 0) is 51.8 Å². The number of amides is 2. The molecule has 0 bridgehead atoms. The minimum absolute atomic E-state index is 0.0636. The van der Waals surface area contributed by atoms with Gasteiger partial charge in [0.1, 0.15) is 5.82 Å². The summed E-state index contributed by atoms with van der Waals surface area (Å²) in [6.45, 7) is 9.34. The summed E-state index contributed by atoms with van der Waals surface area (Å²) in [4.78, 5) is 16.5. The average molecular weight is 432 g/mol. The van der Waals surface area contributed by atoms with E-state index in [0.717, 1.165) is 42.9 Å². The van der Waals surface area contributed by atoms with Gasteiger partial charge in [0, 0.05) is 50.5 Å². The van der Waals surface area contributed by atoms with E-state index < -0.39 is 0 Å². The van der Waals surface area contributed by atoms with E-state index >= 15 is 0 Å². The molecule has 2 amide bonds. The minimum Gasteiger partial charge on any atom is -0.373 e. The van der Waals surface area contributed by atoms with Crippen LogP contribution in [0, 0.1) is 5.82 Å². The highest BCUT2D eigenvalue weighted by molar-refractivity contribution is 5.73. The number of nitrogens with one attached hydrogen (secondary N) is 2. The summed E-state index contributed by atoms with van der Waals surface area (Å²) in [5, 5.41) is 10.3. The lowest BCUT2D eigenvalue weighted by molar-refractivity contribution is -0.0778. The van der Waals surface area contributed by atoms with Crippen molar-refractivity contribution in [2.24, 2.45) is 0 Å². The molecule has 7 nitrogen and oxygen atoms in total. The molecule has 1 saturated heterocycles. The first-order valence-electron chi connectivity index (χ1n) is 11.0. The highest BCUT2D eigenvalue weighted by Crippen LogP contribution is 2.19. The zero-order chi connectivity index (χ0) is 22.4. The minimum atomic E-state index is -0.276. The number of morpholine rings is 1. The number of aryl methyl sites for hydroxylation is 1. The number of H-pyrrole nitrogens is 1. The quantitative estimate of drug-likeness (QED) is 0.673. The van der Waals surface area contributed by atoms with Crippen LogP contribution in [0.15, 0.2) is 30.3 Å². The van der Waals surface area contributed by atoms with Gasteiger partial charge in [-0.15, -0.1) is 0 Å². The maximum Gasteiger partial charge on any atom is 0.317 e. The van der Waals surface area contributed by atoms with Crippen LogP contribution in [0.5, 0.6) is 0 Å². The van der Waals surface area contributed by atoms with Gasteiger partial charge in [-0.1, -0.05) is 12.1 Å². The summed E-state index contributed by atoms with van der Waals surface area (Å²) in [6.07, 6.45) is 2.00. The lowest BCUT2D eigenvalue weighted by atomic mass is 10.1. The van der Waals surface area contributed by atoms with Crippen molar-refractivity contribution in [1.82, 2.24) is 25.3 Å². The van der Waals surface area contributed by atoms with Gasteiger partial charge in [0.15, 0.2) is 0 Å². The molecule has 2 N–H and O–H groups in total. The van der Waals surface area contributed by atoms with Crippen molar-refractivity contribution >= 4 is 6.03 Å². The van der Waals surface area contributed by atoms with Crippen LogP contribution in [0.2, 0.25) is 0 Å². The highest BCUT2D eigenvalue weighted by atomic mass is 19.1. The van der Waals surface area contributed by atoms with Gasteiger partial charge in [0.2, 0.25) is 0 Å². The van der Waals surface area contributed by atoms with Crippen LogP contribution in [0.4, 0.5) is 9.18 Å². The molecule has 2 aromatic rings. The maximum absolute atomic E-state index is 13.4. The molecule has 3 atom stereocenters. The number of carbonyl (C=O) groups excluding carboxylic acids is 1. The molecule has 8 heteroatoms. The molecular formula is C23H34FN5O2. The Balaban J connectivity index is 1.38. The van der Waals surface area contributed by atoms with E-state index in [1.807, 2.05) is 19.2 Å². The van der Waals surface area contributed by atoms with E-state index in [0.29, 0.717) is 13.1 Å². The van der Waals surface area contributed by atoms with Crippen molar-refractivity contribution in [3.8, 4) is 11.3 Å². The Kier molecular flexibility index (Phi) is 8.03. The number of rotatable bonds is 8. The number of ether oxygens (including phenoxy) is 1. The topological polar surface area (TPSA) is 73.5 Å². The van der Waals surface area contributed by atoms with Gasteiger partial charge in [-0.2, -0.15) is 5.10 Å². The Bertz CT molecular complexity index is 848. The molecule has 31 heavy (non-hydrogen) atoms. The van der Waals surface area contributed by atoms with Gasteiger partial charge < -0.3 is 15.0 Å². The van der Waals surface area contributed by atoms with Crippen molar-refractivity contribution in [2.45, 2.75) is 51.9 Å². The Hall–Kier alpha value is -2.45. The Labute approximate surface area is 183 Å².